The molecule has 0 aromatic rings. The Morgan fingerprint density at radius 2 is 0.324 bits per heavy atom. The van der Waals surface area contributed by atoms with Crippen molar-refractivity contribution in [3.63, 3.8) is 0 Å². The molecule has 0 amide bonds. The van der Waals surface area contributed by atoms with E-state index in [1.165, 1.54) is 0 Å². The Morgan fingerprint density at radius 3 is 0.471 bits per heavy atom. The van der Waals surface area contributed by atoms with Gasteiger partial charge < -0.3 is 0 Å². The molecule has 198 valence electrons. The first-order chi connectivity index (χ1) is 15.7. The van der Waals surface area contributed by atoms with Crippen LogP contribution in [0, 0.1) is 0 Å². The summed E-state index contributed by atoms with van der Waals surface area (Å²) in [5, 5.41) is 0. The van der Waals surface area contributed by atoms with E-state index in [4.69, 9.17) is 0 Å². The van der Waals surface area contributed by atoms with Gasteiger partial charge in [-0.1, -0.05) is 0 Å². The average Bonchev–Trinajstić information content (AvgIpc) is 2.81. The SMILES string of the molecule is FC1C(F)C(F)C(B(C2C(F)C(F)C(F)C(F)C2F)C2C(F)C(F)C(F)C(F)C2F)C(F)C1F. The van der Waals surface area contributed by atoms with E-state index in [1.807, 2.05) is 0 Å². The zero-order valence-corrected chi connectivity index (χ0v) is 16.6. The molecule has 12 unspecified atom stereocenters. The molecule has 3 saturated carbocycles. The molecular weight excluding hydrogens is 512 g/mol. The second-order valence-corrected chi connectivity index (χ2v) is 8.98. The van der Waals surface area contributed by atoms with Gasteiger partial charge in [-0.25, -0.2) is 65.9 Å². The van der Waals surface area contributed by atoms with Crippen LogP contribution in [0.3, 0.4) is 0 Å². The summed E-state index contributed by atoms with van der Waals surface area (Å²) in [4.78, 5) is 0. The van der Waals surface area contributed by atoms with Crippen LogP contribution < -0.4 is 0 Å². The van der Waals surface area contributed by atoms with Gasteiger partial charge in [0.25, 0.3) is 0 Å². The standard InChI is InChI=1S/C18H18BF15/c20-4-1(5(21)11(27)16(32)10(4)26)19(2-6(22)12(28)17(33)13(29)7(2)23)3-8(24)14(30)18(34)15(31)9(3)25/h1-18H. The van der Waals surface area contributed by atoms with Crippen LogP contribution in [-0.4, -0.2) is 99.3 Å². The third-order valence-electron chi connectivity index (χ3n) is 7.19. The number of hydrogen-bond donors (Lipinski definition) is 0. The van der Waals surface area contributed by atoms with E-state index in [-0.39, 0.29) is 0 Å². The molecule has 3 aliphatic rings. The summed E-state index contributed by atoms with van der Waals surface area (Å²) < 4.78 is 213. The van der Waals surface area contributed by atoms with Crippen molar-refractivity contribution >= 4 is 6.71 Å². The summed E-state index contributed by atoms with van der Waals surface area (Å²) in [5.41, 5.74) is 0. The van der Waals surface area contributed by atoms with Gasteiger partial charge in [0.15, 0.2) is 62.3 Å². The molecular formula is C18H18BF15. The molecule has 3 fully saturated rings. The molecule has 0 N–H and O–H groups in total. The first-order valence-corrected chi connectivity index (χ1v) is 10.3. The first kappa shape index (κ1) is 27.6. The minimum absolute atomic E-state index is 3.32. The molecule has 0 radical (unpaired) electrons. The summed E-state index contributed by atoms with van der Waals surface area (Å²) in [5.74, 6) is -9.98. The lowest BCUT2D eigenvalue weighted by molar-refractivity contribution is -0.0717. The normalized spacial score (nSPS) is 59.0. The highest BCUT2D eigenvalue weighted by atomic mass is 19.2. The van der Waals surface area contributed by atoms with Gasteiger partial charge in [0.1, 0.15) is 37.0 Å². The van der Waals surface area contributed by atoms with Crippen LogP contribution in [0.1, 0.15) is 0 Å². The summed E-state index contributed by atoms with van der Waals surface area (Å²) >= 11 is 0. The van der Waals surface area contributed by atoms with E-state index < -0.39 is 117 Å². The predicted molar refractivity (Wildman–Crippen MR) is 90.4 cm³/mol. The minimum atomic E-state index is -3.67. The van der Waals surface area contributed by atoms with Gasteiger partial charge in [-0.05, 0) is 0 Å². The van der Waals surface area contributed by atoms with Gasteiger partial charge in [-0.15, -0.1) is 0 Å². The van der Waals surface area contributed by atoms with Gasteiger partial charge >= 0.3 is 0 Å². The number of alkyl halides is 15. The third-order valence-corrected chi connectivity index (χ3v) is 7.19. The van der Waals surface area contributed by atoms with Gasteiger partial charge in [0.2, 0.25) is 0 Å². The van der Waals surface area contributed by atoms with E-state index in [0.717, 1.165) is 0 Å². The van der Waals surface area contributed by atoms with Crippen LogP contribution in [0.15, 0.2) is 0 Å². The van der Waals surface area contributed by atoms with Crippen molar-refractivity contribution < 1.29 is 65.9 Å². The van der Waals surface area contributed by atoms with Crippen molar-refractivity contribution in [1.29, 1.82) is 0 Å². The van der Waals surface area contributed by atoms with E-state index in [9.17, 15) is 65.9 Å². The largest absolute Gasteiger partial charge is 0.245 e. The van der Waals surface area contributed by atoms with Crippen molar-refractivity contribution in [2.75, 3.05) is 0 Å². The van der Waals surface area contributed by atoms with Gasteiger partial charge in [-0.2, -0.15) is 0 Å². The highest BCUT2D eigenvalue weighted by Gasteiger charge is 2.69. The monoisotopic (exact) mass is 530 g/mol. The summed E-state index contributed by atoms with van der Waals surface area (Å²) in [6, 6.07) is 0. The van der Waals surface area contributed by atoms with Crippen molar-refractivity contribution in [2.45, 2.75) is 110 Å². The molecule has 3 aliphatic carbocycles. The Bertz CT molecular complexity index is 566. The fourth-order valence-corrected chi connectivity index (χ4v) is 5.42. The zero-order chi connectivity index (χ0) is 26.0. The van der Waals surface area contributed by atoms with Crippen LogP contribution in [0.4, 0.5) is 65.9 Å². The highest BCUT2D eigenvalue weighted by Crippen LogP contribution is 2.56. The number of hydrogen-bond acceptors (Lipinski definition) is 0. The Balaban J connectivity index is 2.18. The molecule has 0 nitrogen and oxygen atoms in total. The minimum Gasteiger partial charge on any atom is -0.245 e. The van der Waals surface area contributed by atoms with E-state index in [2.05, 4.69) is 0 Å². The summed E-state index contributed by atoms with van der Waals surface area (Å²) in [7, 11) is 0. The Morgan fingerprint density at radius 1 is 0.206 bits per heavy atom. The third kappa shape index (κ3) is 4.05. The van der Waals surface area contributed by atoms with Crippen LogP contribution in [0.2, 0.25) is 17.5 Å². The Kier molecular flexibility index (Phi) is 7.97. The van der Waals surface area contributed by atoms with Crippen molar-refractivity contribution in [1.82, 2.24) is 0 Å². The molecule has 0 bridgehead atoms. The molecule has 0 aromatic heterocycles. The molecule has 16 heteroatoms. The molecule has 34 heavy (non-hydrogen) atoms. The van der Waals surface area contributed by atoms with Crippen molar-refractivity contribution in [3.05, 3.63) is 0 Å². The van der Waals surface area contributed by atoms with E-state index >= 15 is 0 Å². The predicted octanol–water partition coefficient (Wildman–Crippen LogP) is 5.70. The number of halogens is 15. The van der Waals surface area contributed by atoms with Crippen molar-refractivity contribution in [3.8, 4) is 0 Å². The van der Waals surface area contributed by atoms with Crippen LogP contribution in [0.25, 0.3) is 0 Å². The maximum Gasteiger partial charge on any atom is 0.171 e. The quantitative estimate of drug-likeness (QED) is 0.325. The summed E-state index contributed by atoms with van der Waals surface area (Å²) in [6.45, 7) is -3.32. The summed E-state index contributed by atoms with van der Waals surface area (Å²) in [6.07, 6.45) is -54.3. The molecule has 12 atom stereocenters. The number of rotatable bonds is 3. The lowest BCUT2D eigenvalue weighted by Gasteiger charge is -2.50. The zero-order valence-electron chi connectivity index (χ0n) is 16.6. The fraction of sp³-hybridized carbons (Fsp3) is 1.00. The van der Waals surface area contributed by atoms with E-state index in [0.29, 0.717) is 0 Å². The van der Waals surface area contributed by atoms with Crippen LogP contribution in [0.5, 0.6) is 0 Å². The molecule has 0 heterocycles. The first-order valence-electron chi connectivity index (χ1n) is 10.3. The van der Waals surface area contributed by atoms with Gasteiger partial charge in [0, 0.05) is 17.5 Å². The molecule has 3 rings (SSSR count). The second-order valence-electron chi connectivity index (χ2n) is 8.98. The molecule has 0 spiro atoms. The van der Waals surface area contributed by atoms with Crippen molar-refractivity contribution in [2.24, 2.45) is 0 Å². The topological polar surface area (TPSA) is 0 Å². The molecule has 0 aromatic carbocycles. The smallest absolute Gasteiger partial charge is 0.171 e. The van der Waals surface area contributed by atoms with Crippen LogP contribution >= 0.6 is 0 Å². The molecule has 0 aliphatic heterocycles. The van der Waals surface area contributed by atoms with Gasteiger partial charge in [0.05, 0.1) is 0 Å². The highest BCUT2D eigenvalue weighted by molar-refractivity contribution is 6.65. The average molecular weight is 530 g/mol. The maximum absolute atomic E-state index is 14.7. The maximum atomic E-state index is 14.7. The van der Waals surface area contributed by atoms with Crippen LogP contribution in [-0.2, 0) is 0 Å². The Hall–Kier alpha value is -0.985. The second kappa shape index (κ2) is 9.81. The lowest BCUT2D eigenvalue weighted by Crippen LogP contribution is -2.66. The van der Waals surface area contributed by atoms with E-state index in [1.54, 1.807) is 0 Å². The van der Waals surface area contributed by atoms with Gasteiger partial charge in [-0.3, -0.25) is 0 Å². The Labute approximate surface area is 183 Å². The fourth-order valence-electron chi connectivity index (χ4n) is 5.42. The molecule has 0 saturated heterocycles. The lowest BCUT2D eigenvalue weighted by atomic mass is 9.22.